The van der Waals surface area contributed by atoms with Crippen LogP contribution in [0.5, 0.6) is 0 Å². The number of hydrogen-bond donors (Lipinski definition) is 2. The summed E-state index contributed by atoms with van der Waals surface area (Å²) in [4.78, 5) is 43.1. The summed E-state index contributed by atoms with van der Waals surface area (Å²) in [5.74, 6) is 0.0291. The summed E-state index contributed by atoms with van der Waals surface area (Å²) in [5, 5.41) is 0. The lowest BCUT2D eigenvalue weighted by atomic mass is 10.2. The average Bonchev–Trinajstić information content (AvgIpc) is 3.43. The van der Waals surface area contributed by atoms with Gasteiger partial charge in [0.2, 0.25) is 5.95 Å². The fourth-order valence-electron chi connectivity index (χ4n) is 3.78. The Morgan fingerprint density at radius 3 is 2.71 bits per heavy atom. The quantitative estimate of drug-likeness (QED) is 0.466. The molecule has 0 aromatic carbocycles. The standard InChI is InChI=1S/C20H20FN7O2S/c1-26-19(29)16-14(25-20(26)30)10-12(31-16)11-27-6-8-28(9-7-27)15-3-2-13(24-17(15)21)18-22-4-5-23-18/h2-5,10H,6-9,11H2,1H3,(H,22,23)(H,25,30). The molecule has 2 N–H and O–H groups in total. The lowest BCUT2D eigenvalue weighted by Crippen LogP contribution is -2.46. The Morgan fingerprint density at radius 1 is 1.19 bits per heavy atom. The second-order valence-corrected chi connectivity index (χ2v) is 8.59. The molecule has 31 heavy (non-hydrogen) atoms. The Balaban J connectivity index is 1.27. The molecular formula is C20H20FN7O2S. The number of aromatic nitrogens is 5. The normalized spacial score (nSPS) is 15.1. The van der Waals surface area contributed by atoms with Gasteiger partial charge in [0.1, 0.15) is 10.4 Å². The van der Waals surface area contributed by atoms with Crippen molar-refractivity contribution >= 4 is 27.2 Å². The molecule has 0 radical (unpaired) electrons. The fourth-order valence-corrected chi connectivity index (χ4v) is 4.91. The van der Waals surface area contributed by atoms with E-state index in [1.54, 1.807) is 24.5 Å². The van der Waals surface area contributed by atoms with E-state index in [9.17, 15) is 14.0 Å². The summed E-state index contributed by atoms with van der Waals surface area (Å²) in [6, 6.07) is 5.38. The highest BCUT2D eigenvalue weighted by molar-refractivity contribution is 7.18. The summed E-state index contributed by atoms with van der Waals surface area (Å²) >= 11 is 1.40. The summed E-state index contributed by atoms with van der Waals surface area (Å²) in [6.07, 6.45) is 3.28. The molecule has 160 valence electrons. The van der Waals surface area contributed by atoms with Gasteiger partial charge in [-0.2, -0.15) is 4.39 Å². The average molecular weight is 441 g/mol. The van der Waals surface area contributed by atoms with Crippen LogP contribution in [0.3, 0.4) is 0 Å². The molecule has 1 aliphatic heterocycles. The molecule has 11 heteroatoms. The first-order valence-electron chi connectivity index (χ1n) is 9.85. The highest BCUT2D eigenvalue weighted by Gasteiger charge is 2.22. The Hall–Kier alpha value is -3.31. The third-order valence-electron chi connectivity index (χ3n) is 5.49. The van der Waals surface area contributed by atoms with Crippen LogP contribution in [0.2, 0.25) is 0 Å². The third-order valence-corrected chi connectivity index (χ3v) is 6.60. The van der Waals surface area contributed by atoms with Crippen LogP contribution >= 0.6 is 11.3 Å². The first-order valence-corrected chi connectivity index (χ1v) is 10.7. The Labute approximate surface area is 179 Å². The van der Waals surface area contributed by atoms with Crippen molar-refractivity contribution in [2.75, 3.05) is 31.1 Å². The number of fused-ring (bicyclic) bond motifs is 1. The van der Waals surface area contributed by atoms with E-state index >= 15 is 0 Å². The van der Waals surface area contributed by atoms with Gasteiger partial charge in [-0.1, -0.05) is 0 Å². The minimum atomic E-state index is -0.508. The number of nitrogens with zero attached hydrogens (tertiary/aromatic N) is 5. The second-order valence-electron chi connectivity index (χ2n) is 7.46. The lowest BCUT2D eigenvalue weighted by molar-refractivity contribution is 0.251. The van der Waals surface area contributed by atoms with Crippen LogP contribution in [-0.4, -0.2) is 55.6 Å². The number of anilines is 1. The van der Waals surface area contributed by atoms with E-state index in [2.05, 4.69) is 24.8 Å². The van der Waals surface area contributed by atoms with Crippen LogP contribution in [0.25, 0.3) is 21.7 Å². The van der Waals surface area contributed by atoms with Gasteiger partial charge < -0.3 is 14.9 Å². The number of imidazole rings is 1. The van der Waals surface area contributed by atoms with E-state index in [0.29, 0.717) is 47.1 Å². The molecule has 0 aliphatic carbocycles. The zero-order valence-electron chi connectivity index (χ0n) is 16.8. The molecule has 0 spiro atoms. The smallest absolute Gasteiger partial charge is 0.328 e. The Kier molecular flexibility index (Phi) is 4.91. The summed E-state index contributed by atoms with van der Waals surface area (Å²) in [7, 11) is 1.47. The minimum Gasteiger partial charge on any atom is -0.365 e. The predicted molar refractivity (Wildman–Crippen MR) is 117 cm³/mol. The maximum atomic E-state index is 14.6. The van der Waals surface area contributed by atoms with Crippen molar-refractivity contribution in [1.29, 1.82) is 0 Å². The molecule has 1 aliphatic rings. The number of pyridine rings is 1. The van der Waals surface area contributed by atoms with E-state index in [4.69, 9.17) is 0 Å². The number of piperazine rings is 1. The van der Waals surface area contributed by atoms with Crippen LogP contribution in [0.15, 0.2) is 40.2 Å². The van der Waals surface area contributed by atoms with E-state index in [0.717, 1.165) is 22.5 Å². The van der Waals surface area contributed by atoms with E-state index in [1.807, 2.05) is 11.0 Å². The van der Waals surface area contributed by atoms with Gasteiger partial charge in [-0.25, -0.2) is 14.8 Å². The van der Waals surface area contributed by atoms with Gasteiger partial charge in [-0.15, -0.1) is 11.3 Å². The predicted octanol–water partition coefficient (Wildman–Crippen LogP) is 1.53. The largest absolute Gasteiger partial charge is 0.365 e. The molecule has 1 saturated heterocycles. The number of nitrogens with one attached hydrogen (secondary N) is 2. The Bertz CT molecular complexity index is 1350. The molecule has 4 aromatic heterocycles. The number of halogens is 1. The summed E-state index contributed by atoms with van der Waals surface area (Å²) in [6.45, 7) is 3.52. The lowest BCUT2D eigenvalue weighted by Gasteiger charge is -2.35. The number of hydrogen-bond acceptors (Lipinski definition) is 7. The molecule has 0 bridgehead atoms. The van der Waals surface area contributed by atoms with E-state index in [1.165, 1.54) is 18.4 Å². The van der Waals surface area contributed by atoms with Gasteiger partial charge in [-0.05, 0) is 18.2 Å². The van der Waals surface area contributed by atoms with Crippen LogP contribution in [0.4, 0.5) is 10.1 Å². The maximum Gasteiger partial charge on any atom is 0.328 e. The monoisotopic (exact) mass is 441 g/mol. The number of rotatable bonds is 4. The molecule has 0 amide bonds. The maximum absolute atomic E-state index is 14.6. The van der Waals surface area contributed by atoms with Crippen LogP contribution < -0.4 is 16.1 Å². The molecule has 0 atom stereocenters. The second kappa shape index (κ2) is 7.75. The van der Waals surface area contributed by atoms with Crippen molar-refractivity contribution in [3.63, 3.8) is 0 Å². The summed E-state index contributed by atoms with van der Waals surface area (Å²) in [5.41, 5.74) is 0.846. The Morgan fingerprint density at radius 2 is 2.00 bits per heavy atom. The molecule has 0 saturated carbocycles. The third kappa shape index (κ3) is 3.66. The molecule has 5 heterocycles. The van der Waals surface area contributed by atoms with Crippen LogP contribution in [-0.2, 0) is 13.6 Å². The van der Waals surface area contributed by atoms with Crippen LogP contribution in [0.1, 0.15) is 4.88 Å². The van der Waals surface area contributed by atoms with Crippen molar-refractivity contribution < 1.29 is 4.39 Å². The van der Waals surface area contributed by atoms with Crippen molar-refractivity contribution in [3.8, 4) is 11.5 Å². The molecule has 1 fully saturated rings. The van der Waals surface area contributed by atoms with Crippen molar-refractivity contribution in [2.24, 2.45) is 7.05 Å². The highest BCUT2D eigenvalue weighted by Crippen LogP contribution is 2.25. The highest BCUT2D eigenvalue weighted by atomic mass is 32.1. The topological polar surface area (TPSA) is 103 Å². The molecule has 4 aromatic rings. The van der Waals surface area contributed by atoms with Crippen molar-refractivity contribution in [1.82, 2.24) is 29.4 Å². The molecule has 5 rings (SSSR count). The zero-order valence-corrected chi connectivity index (χ0v) is 17.6. The fraction of sp³-hybridized carbons (Fsp3) is 0.300. The number of thiophene rings is 1. The van der Waals surface area contributed by atoms with Crippen molar-refractivity contribution in [2.45, 2.75) is 6.54 Å². The molecule has 9 nitrogen and oxygen atoms in total. The van der Waals surface area contributed by atoms with Gasteiger partial charge in [0.15, 0.2) is 5.82 Å². The molecule has 0 unspecified atom stereocenters. The van der Waals surface area contributed by atoms with Gasteiger partial charge in [0, 0.05) is 57.0 Å². The number of H-pyrrole nitrogens is 2. The number of aromatic amines is 2. The van der Waals surface area contributed by atoms with Crippen LogP contribution in [0, 0.1) is 5.95 Å². The minimum absolute atomic E-state index is 0.277. The van der Waals surface area contributed by atoms with Gasteiger partial charge in [-0.3, -0.25) is 14.3 Å². The zero-order chi connectivity index (χ0) is 21.5. The summed E-state index contributed by atoms with van der Waals surface area (Å²) < 4.78 is 16.3. The first kappa shape index (κ1) is 19.6. The van der Waals surface area contributed by atoms with E-state index < -0.39 is 11.6 Å². The van der Waals surface area contributed by atoms with Gasteiger partial charge in [0.25, 0.3) is 5.56 Å². The molecular weight excluding hydrogens is 421 g/mol. The SMILES string of the molecule is Cn1c(=O)[nH]c2cc(CN3CCN(c4ccc(-c5ncc[nH]5)nc4F)CC3)sc2c1=O. The first-order chi connectivity index (χ1) is 15.0. The van der Waals surface area contributed by atoms with Gasteiger partial charge >= 0.3 is 5.69 Å². The van der Waals surface area contributed by atoms with Gasteiger partial charge in [0.05, 0.1) is 11.2 Å². The van der Waals surface area contributed by atoms with Crippen molar-refractivity contribution in [3.05, 3.63) is 62.3 Å². The van der Waals surface area contributed by atoms with E-state index in [-0.39, 0.29) is 5.56 Å².